The average molecular weight is 291 g/mol. The van der Waals surface area contributed by atoms with Crippen LogP contribution in [0.4, 0.5) is 0 Å². The second-order valence-corrected chi connectivity index (χ2v) is 6.64. The summed E-state index contributed by atoms with van der Waals surface area (Å²) in [6.45, 7) is 9.55. The van der Waals surface area contributed by atoms with Crippen LogP contribution in [0.3, 0.4) is 0 Å². The highest BCUT2D eigenvalue weighted by Crippen LogP contribution is 2.13. The zero-order valence-corrected chi connectivity index (χ0v) is 13.5. The number of nitrogens with one attached hydrogen (secondary N) is 1. The summed E-state index contributed by atoms with van der Waals surface area (Å²) in [4.78, 5) is 4.67. The molecule has 2 rings (SSSR count). The smallest absolute Gasteiger partial charge is 0.0928 e. The average Bonchev–Trinajstić information content (AvgIpc) is 3.00. The second-order valence-electron chi connectivity index (χ2n) is 5.70. The van der Waals surface area contributed by atoms with Crippen LogP contribution in [-0.2, 0) is 19.5 Å². The van der Waals surface area contributed by atoms with Gasteiger partial charge >= 0.3 is 0 Å². The van der Waals surface area contributed by atoms with Crippen molar-refractivity contribution in [3.05, 3.63) is 40.1 Å². The van der Waals surface area contributed by atoms with Gasteiger partial charge in [0.05, 0.1) is 17.2 Å². The van der Waals surface area contributed by atoms with E-state index < -0.39 is 0 Å². The predicted octanol–water partition coefficient (Wildman–Crippen LogP) is 3.69. The number of aromatic nitrogens is 2. The van der Waals surface area contributed by atoms with Crippen LogP contribution in [0.5, 0.6) is 0 Å². The largest absolute Gasteiger partial charge is 0.348 e. The van der Waals surface area contributed by atoms with Crippen molar-refractivity contribution in [3.63, 3.8) is 0 Å². The molecule has 2 aromatic heterocycles. The van der Waals surface area contributed by atoms with E-state index in [2.05, 4.69) is 59.5 Å². The molecule has 0 saturated heterocycles. The van der Waals surface area contributed by atoms with Crippen molar-refractivity contribution in [2.75, 3.05) is 6.54 Å². The van der Waals surface area contributed by atoms with E-state index in [1.807, 2.05) is 0 Å². The first-order valence-electron chi connectivity index (χ1n) is 7.46. The van der Waals surface area contributed by atoms with E-state index in [0.29, 0.717) is 5.92 Å². The van der Waals surface area contributed by atoms with Gasteiger partial charge in [-0.2, -0.15) is 0 Å². The van der Waals surface area contributed by atoms with Crippen LogP contribution >= 0.6 is 11.3 Å². The normalized spacial score (nSPS) is 11.4. The van der Waals surface area contributed by atoms with Gasteiger partial charge < -0.3 is 9.88 Å². The molecule has 0 unspecified atom stereocenters. The monoisotopic (exact) mass is 291 g/mol. The summed E-state index contributed by atoms with van der Waals surface area (Å²) < 4.78 is 2.22. The van der Waals surface area contributed by atoms with E-state index in [1.165, 1.54) is 22.7 Å². The molecule has 0 bridgehead atoms. The summed E-state index contributed by atoms with van der Waals surface area (Å²) >= 11 is 1.78. The topological polar surface area (TPSA) is 29.9 Å². The lowest BCUT2D eigenvalue weighted by molar-refractivity contribution is 0.552. The molecule has 0 amide bonds. The van der Waals surface area contributed by atoms with E-state index in [9.17, 15) is 0 Å². The van der Waals surface area contributed by atoms with Crippen LogP contribution in [0.15, 0.2) is 23.8 Å². The van der Waals surface area contributed by atoms with Crippen LogP contribution < -0.4 is 5.32 Å². The summed E-state index contributed by atoms with van der Waals surface area (Å²) in [5.74, 6) is 0.698. The fraction of sp³-hybridized carbons (Fsp3) is 0.562. The maximum absolute atomic E-state index is 4.67. The van der Waals surface area contributed by atoms with Gasteiger partial charge in [0.2, 0.25) is 0 Å². The SMILES string of the molecule is CCCc1nc(Cn2ccc(CNCC(C)C)c2)cs1. The van der Waals surface area contributed by atoms with Crippen LogP contribution in [0, 0.1) is 5.92 Å². The summed E-state index contributed by atoms with van der Waals surface area (Å²) in [5, 5.41) is 6.91. The Hall–Kier alpha value is -1.13. The lowest BCUT2D eigenvalue weighted by Gasteiger charge is -2.05. The highest BCUT2D eigenvalue weighted by atomic mass is 32.1. The molecule has 0 fully saturated rings. The number of nitrogens with zero attached hydrogens (tertiary/aromatic N) is 2. The van der Waals surface area contributed by atoms with Gasteiger partial charge in [-0.05, 0) is 36.9 Å². The van der Waals surface area contributed by atoms with Crippen molar-refractivity contribution in [1.82, 2.24) is 14.9 Å². The molecule has 0 aliphatic heterocycles. The molecule has 0 spiro atoms. The zero-order chi connectivity index (χ0) is 14.4. The van der Waals surface area contributed by atoms with Crippen molar-refractivity contribution in [3.8, 4) is 0 Å². The molecule has 0 saturated carbocycles. The van der Waals surface area contributed by atoms with Gasteiger partial charge in [-0.15, -0.1) is 11.3 Å². The minimum atomic E-state index is 0.698. The van der Waals surface area contributed by atoms with Gasteiger partial charge in [0.25, 0.3) is 0 Å². The minimum Gasteiger partial charge on any atom is -0.348 e. The van der Waals surface area contributed by atoms with Crippen LogP contribution in [-0.4, -0.2) is 16.1 Å². The third-order valence-corrected chi connectivity index (χ3v) is 4.06. The van der Waals surface area contributed by atoms with Crippen LogP contribution in [0.25, 0.3) is 0 Å². The third-order valence-electron chi connectivity index (χ3n) is 3.10. The Morgan fingerprint density at radius 2 is 2.25 bits per heavy atom. The van der Waals surface area contributed by atoms with E-state index in [1.54, 1.807) is 11.3 Å². The molecule has 1 N–H and O–H groups in total. The molecule has 0 aromatic carbocycles. The van der Waals surface area contributed by atoms with Gasteiger partial charge in [0, 0.05) is 24.3 Å². The summed E-state index contributed by atoms with van der Waals surface area (Å²) in [5.41, 5.74) is 2.52. The lowest BCUT2D eigenvalue weighted by Crippen LogP contribution is -2.18. The van der Waals surface area contributed by atoms with Crippen LogP contribution in [0.2, 0.25) is 0 Å². The summed E-state index contributed by atoms with van der Waals surface area (Å²) in [7, 11) is 0. The molecule has 4 heteroatoms. The molecule has 0 atom stereocenters. The standard InChI is InChI=1S/C16H25N3S/c1-4-5-16-18-15(12-20-16)11-19-7-6-14(10-19)9-17-8-13(2)3/h6-7,10,12-13,17H,4-5,8-9,11H2,1-3H3. The van der Waals surface area contributed by atoms with Crippen molar-refractivity contribution >= 4 is 11.3 Å². The summed E-state index contributed by atoms with van der Waals surface area (Å²) in [6.07, 6.45) is 6.63. The zero-order valence-electron chi connectivity index (χ0n) is 12.7. The minimum absolute atomic E-state index is 0.698. The van der Waals surface area contributed by atoms with Gasteiger partial charge in [-0.3, -0.25) is 0 Å². The van der Waals surface area contributed by atoms with Crippen LogP contribution in [0.1, 0.15) is 43.5 Å². The fourth-order valence-electron chi connectivity index (χ4n) is 2.14. The van der Waals surface area contributed by atoms with Crippen molar-refractivity contribution < 1.29 is 0 Å². The molecule has 0 radical (unpaired) electrons. The highest BCUT2D eigenvalue weighted by molar-refractivity contribution is 7.09. The van der Waals surface area contributed by atoms with Crippen molar-refractivity contribution in [2.45, 2.75) is 46.7 Å². The fourth-order valence-corrected chi connectivity index (χ4v) is 3.03. The van der Waals surface area contributed by atoms with E-state index in [-0.39, 0.29) is 0 Å². The Labute approximate surface area is 126 Å². The number of rotatable bonds is 8. The summed E-state index contributed by atoms with van der Waals surface area (Å²) in [6, 6.07) is 2.19. The Balaban J connectivity index is 1.85. The van der Waals surface area contributed by atoms with Gasteiger partial charge in [-0.1, -0.05) is 20.8 Å². The molecule has 20 heavy (non-hydrogen) atoms. The first-order valence-corrected chi connectivity index (χ1v) is 8.34. The van der Waals surface area contributed by atoms with E-state index >= 15 is 0 Å². The third kappa shape index (κ3) is 4.76. The predicted molar refractivity (Wildman–Crippen MR) is 86.2 cm³/mol. The first kappa shape index (κ1) is 15.3. The Bertz CT molecular complexity index is 513. The molecule has 0 aliphatic carbocycles. The molecule has 2 heterocycles. The molecule has 110 valence electrons. The maximum Gasteiger partial charge on any atom is 0.0928 e. The first-order chi connectivity index (χ1) is 9.67. The Kier molecular flexibility index (Phi) is 5.80. The van der Waals surface area contributed by atoms with E-state index in [0.717, 1.165) is 26.1 Å². The van der Waals surface area contributed by atoms with Gasteiger partial charge in [-0.25, -0.2) is 4.98 Å². The van der Waals surface area contributed by atoms with Gasteiger partial charge in [0.15, 0.2) is 0 Å². The lowest BCUT2D eigenvalue weighted by atomic mass is 10.2. The van der Waals surface area contributed by atoms with E-state index in [4.69, 9.17) is 0 Å². The Morgan fingerprint density at radius 3 is 3.00 bits per heavy atom. The number of aryl methyl sites for hydroxylation is 1. The number of hydrogen-bond acceptors (Lipinski definition) is 3. The van der Waals surface area contributed by atoms with Crippen molar-refractivity contribution in [2.24, 2.45) is 5.92 Å². The second kappa shape index (κ2) is 7.60. The van der Waals surface area contributed by atoms with Crippen molar-refractivity contribution in [1.29, 1.82) is 0 Å². The Morgan fingerprint density at radius 1 is 1.40 bits per heavy atom. The molecule has 3 nitrogen and oxygen atoms in total. The molecular weight excluding hydrogens is 266 g/mol. The molecular formula is C16H25N3S. The number of thiazole rings is 1. The maximum atomic E-state index is 4.67. The molecule has 0 aliphatic rings. The van der Waals surface area contributed by atoms with Gasteiger partial charge in [0.1, 0.15) is 0 Å². The molecule has 2 aromatic rings. The quantitative estimate of drug-likeness (QED) is 0.804. The highest BCUT2D eigenvalue weighted by Gasteiger charge is 2.03. The number of hydrogen-bond donors (Lipinski definition) is 1.